The molecule has 0 N–H and O–H groups in total. The molecule has 0 amide bonds. The van der Waals surface area contributed by atoms with E-state index in [4.69, 9.17) is 4.74 Å². The van der Waals surface area contributed by atoms with Crippen LogP contribution < -0.4 is 0 Å². The lowest BCUT2D eigenvalue weighted by Gasteiger charge is -2.05. The van der Waals surface area contributed by atoms with E-state index >= 15 is 0 Å². The first-order valence-corrected chi connectivity index (χ1v) is 7.10. The van der Waals surface area contributed by atoms with Gasteiger partial charge in [-0.1, -0.05) is 15.9 Å². The third-order valence-electron chi connectivity index (χ3n) is 0.871. The van der Waals surface area contributed by atoms with E-state index in [0.29, 0.717) is 6.61 Å². The van der Waals surface area contributed by atoms with Gasteiger partial charge in [0.1, 0.15) is 11.4 Å². The second-order valence-electron chi connectivity index (χ2n) is 1.89. The summed E-state index contributed by atoms with van der Waals surface area (Å²) >= 11 is 9.67. The van der Waals surface area contributed by atoms with Crippen molar-refractivity contribution in [3.63, 3.8) is 0 Å². The zero-order valence-electron chi connectivity index (χ0n) is 6.11. The molecule has 0 aliphatic carbocycles. The fourth-order valence-electron chi connectivity index (χ4n) is 0.304. The molecule has 0 aliphatic rings. The Balaban J connectivity index is 3.85. The van der Waals surface area contributed by atoms with Crippen molar-refractivity contribution in [3.05, 3.63) is 5.17 Å². The lowest BCUT2D eigenvalue weighted by atomic mass is 10.5. The molecule has 6 heteroatoms. The van der Waals surface area contributed by atoms with Crippen LogP contribution in [0.15, 0.2) is 5.17 Å². The van der Waals surface area contributed by atoms with Crippen molar-refractivity contribution in [2.75, 3.05) is 6.61 Å². The van der Waals surface area contributed by atoms with Crippen molar-refractivity contribution >= 4 is 89.7 Å². The van der Waals surface area contributed by atoms with E-state index in [2.05, 4.69) is 83.7 Å². The number of hydrogen-bond donors (Lipinski definition) is 0. The molecule has 0 radical (unpaired) electrons. The van der Waals surface area contributed by atoms with Crippen LogP contribution in [0, 0.1) is 0 Å². The van der Waals surface area contributed by atoms with E-state index in [1.54, 1.807) is 6.92 Å². The van der Waals surface area contributed by atoms with Crippen molar-refractivity contribution < 1.29 is 9.53 Å². The summed E-state index contributed by atoms with van der Waals surface area (Å²) in [6.07, 6.45) is 0. The quantitative estimate of drug-likeness (QED) is 0.293. The zero-order valence-corrected chi connectivity index (χ0v) is 14.2. The summed E-state index contributed by atoms with van der Waals surface area (Å²) < 4.78 is 7.14. The van der Waals surface area contributed by atoms with Crippen molar-refractivity contribution in [2.45, 2.75) is 11.8 Å². The predicted molar refractivity (Wildman–Crippen MR) is 78.4 cm³/mol. The summed E-state index contributed by atoms with van der Waals surface area (Å²) in [5, 5.41) is 0. The summed E-state index contributed by atoms with van der Waals surface area (Å²) in [6.45, 7) is 2.12. The largest absolute Gasteiger partial charge is 0.459 e. The lowest BCUT2D eigenvalue weighted by molar-refractivity contribution is -0.141. The number of carbonyl (C=O) groups excluding carboxylic acids is 1. The van der Waals surface area contributed by atoms with Crippen LogP contribution in [0.5, 0.6) is 0 Å². The van der Waals surface area contributed by atoms with E-state index in [1.165, 1.54) is 0 Å². The average Bonchev–Trinajstić information content (AvgIpc) is 1.98. The average molecular weight is 571 g/mol. The first-order chi connectivity index (χ1) is 5.45. The highest BCUT2D eigenvalue weighted by Crippen LogP contribution is 2.25. The molecule has 0 fully saturated rings. The molecular formula is C6H6BrI3O2. The van der Waals surface area contributed by atoms with Gasteiger partial charge in [0.2, 0.25) is 0 Å². The number of halogens is 4. The van der Waals surface area contributed by atoms with Gasteiger partial charge in [-0.3, -0.25) is 4.79 Å². The molecule has 0 bridgehead atoms. The van der Waals surface area contributed by atoms with Gasteiger partial charge in [0.25, 0.3) is 0 Å². The molecule has 1 unspecified atom stereocenters. The summed E-state index contributed by atoms with van der Waals surface area (Å²) in [7, 11) is 0. The Morgan fingerprint density at radius 3 is 2.33 bits per heavy atom. The highest BCUT2D eigenvalue weighted by Gasteiger charge is 2.10. The first-order valence-electron chi connectivity index (χ1n) is 2.95. The van der Waals surface area contributed by atoms with Crippen LogP contribution in [-0.4, -0.2) is 17.4 Å². The van der Waals surface area contributed by atoms with E-state index < -0.39 is 0 Å². The topological polar surface area (TPSA) is 26.3 Å². The Labute approximate surface area is 121 Å². The molecule has 0 aromatic carbocycles. The van der Waals surface area contributed by atoms with Gasteiger partial charge in [-0.2, -0.15) is 0 Å². The molecule has 0 heterocycles. The van der Waals surface area contributed by atoms with E-state index in [1.807, 2.05) is 0 Å². The smallest absolute Gasteiger partial charge is 0.319 e. The molecule has 0 rings (SSSR count). The Bertz CT molecular complexity index is 199. The van der Waals surface area contributed by atoms with Crippen LogP contribution in [0.2, 0.25) is 0 Å². The van der Waals surface area contributed by atoms with Gasteiger partial charge >= 0.3 is 5.97 Å². The zero-order chi connectivity index (χ0) is 9.72. The summed E-state index contributed by atoms with van der Waals surface area (Å²) in [5.41, 5.74) is 0. The molecule has 1 atom stereocenters. The molecular weight excluding hydrogens is 565 g/mol. The molecule has 0 saturated carbocycles. The summed E-state index contributed by atoms with van der Waals surface area (Å²) in [6, 6.07) is 0. The van der Waals surface area contributed by atoms with Crippen LogP contribution in [-0.2, 0) is 9.53 Å². The lowest BCUT2D eigenvalue weighted by Crippen LogP contribution is -2.14. The number of rotatable bonds is 3. The standard InChI is InChI=1S/C6H6BrI3O2/c1-3(7)6(11)12-2-4(8)5(9)10/h3H,2H2,1H3. The predicted octanol–water partition coefficient (Wildman–Crippen LogP) is 3.79. The molecule has 0 aliphatic heterocycles. The fraction of sp³-hybridized carbons (Fsp3) is 0.500. The van der Waals surface area contributed by atoms with Gasteiger partial charge in [0.15, 0.2) is 0 Å². The Morgan fingerprint density at radius 1 is 1.50 bits per heavy atom. The maximum absolute atomic E-state index is 11.0. The highest BCUT2D eigenvalue weighted by molar-refractivity contribution is 14.2. The molecule has 70 valence electrons. The number of carbonyl (C=O) groups is 1. The first kappa shape index (κ1) is 13.9. The minimum Gasteiger partial charge on any atom is -0.459 e. The van der Waals surface area contributed by atoms with Gasteiger partial charge in [0, 0.05) is 3.58 Å². The Hall–Kier alpha value is 1.88. The minimum absolute atomic E-state index is 0.224. The van der Waals surface area contributed by atoms with E-state index in [9.17, 15) is 4.79 Å². The van der Waals surface area contributed by atoms with Gasteiger partial charge in [0.05, 0.1) is 1.59 Å². The number of hydrogen-bond acceptors (Lipinski definition) is 2. The molecule has 0 spiro atoms. The number of ether oxygens (including phenoxy) is 1. The number of esters is 1. The van der Waals surface area contributed by atoms with E-state index in [0.717, 1.165) is 5.17 Å². The Morgan fingerprint density at radius 2 is 2.00 bits per heavy atom. The van der Waals surface area contributed by atoms with Crippen LogP contribution in [0.4, 0.5) is 0 Å². The van der Waals surface area contributed by atoms with Crippen molar-refractivity contribution in [1.82, 2.24) is 0 Å². The van der Waals surface area contributed by atoms with Gasteiger partial charge in [-0.05, 0) is 74.7 Å². The third-order valence-corrected chi connectivity index (χ3v) is 5.46. The second-order valence-corrected chi connectivity index (χ2v) is 8.79. The summed E-state index contributed by atoms with van der Waals surface area (Å²) in [4.78, 5) is 10.7. The molecule has 12 heavy (non-hydrogen) atoms. The van der Waals surface area contributed by atoms with E-state index in [-0.39, 0.29) is 10.8 Å². The minimum atomic E-state index is -0.228. The maximum atomic E-state index is 11.0. The van der Waals surface area contributed by atoms with Crippen LogP contribution >= 0.6 is 83.7 Å². The maximum Gasteiger partial charge on any atom is 0.319 e. The SMILES string of the molecule is CC(Br)C(=O)OCC(I)=C(I)I. The number of alkyl halides is 1. The molecule has 0 aromatic rings. The molecule has 0 saturated heterocycles. The van der Waals surface area contributed by atoms with Gasteiger partial charge < -0.3 is 4.74 Å². The summed E-state index contributed by atoms with van der Waals surface area (Å²) in [5.74, 6) is -0.224. The van der Waals surface area contributed by atoms with Crippen molar-refractivity contribution in [3.8, 4) is 0 Å². The van der Waals surface area contributed by atoms with Crippen LogP contribution in [0.1, 0.15) is 6.92 Å². The van der Waals surface area contributed by atoms with Crippen molar-refractivity contribution in [1.29, 1.82) is 0 Å². The van der Waals surface area contributed by atoms with Gasteiger partial charge in [-0.15, -0.1) is 0 Å². The van der Waals surface area contributed by atoms with Crippen LogP contribution in [0.3, 0.4) is 0 Å². The van der Waals surface area contributed by atoms with Crippen molar-refractivity contribution in [2.24, 2.45) is 0 Å². The van der Waals surface area contributed by atoms with Gasteiger partial charge in [-0.25, -0.2) is 0 Å². The normalized spacial score (nSPS) is 12.1. The highest BCUT2D eigenvalue weighted by atomic mass is 127. The third kappa shape index (κ3) is 6.35. The molecule has 2 nitrogen and oxygen atoms in total. The molecule has 0 aromatic heterocycles. The van der Waals surface area contributed by atoms with Crippen LogP contribution in [0.25, 0.3) is 0 Å². The monoisotopic (exact) mass is 570 g/mol. The Kier molecular flexibility index (Phi) is 8.34. The fourth-order valence-corrected chi connectivity index (χ4v) is 0.903. The second kappa shape index (κ2) is 7.21.